The van der Waals surface area contributed by atoms with Gasteiger partial charge in [-0.15, -0.1) is 0 Å². The van der Waals surface area contributed by atoms with Gasteiger partial charge in [-0.1, -0.05) is 6.07 Å². The van der Waals surface area contributed by atoms with Crippen molar-refractivity contribution >= 4 is 0 Å². The Morgan fingerprint density at radius 1 is 1.06 bits per heavy atom. The molecule has 2 rings (SSSR count). The van der Waals surface area contributed by atoms with E-state index in [1.165, 1.54) is 12.1 Å². The first-order valence-electron chi connectivity index (χ1n) is 4.80. The van der Waals surface area contributed by atoms with Gasteiger partial charge in [0.05, 0.1) is 5.69 Å². The maximum absolute atomic E-state index is 13.0. The molecule has 0 aliphatic heterocycles. The monoisotopic (exact) mass is 220 g/mol. The Morgan fingerprint density at radius 2 is 1.75 bits per heavy atom. The van der Waals surface area contributed by atoms with E-state index >= 15 is 0 Å². The lowest BCUT2D eigenvalue weighted by atomic mass is 10.1. The fourth-order valence-corrected chi connectivity index (χ4v) is 1.42. The van der Waals surface area contributed by atoms with Crippen LogP contribution in [-0.2, 0) is 6.54 Å². The van der Waals surface area contributed by atoms with Gasteiger partial charge in [0.15, 0.2) is 0 Å². The van der Waals surface area contributed by atoms with Crippen LogP contribution in [-0.4, -0.2) is 4.98 Å². The predicted octanol–water partition coefficient (Wildman–Crippen LogP) is 2.49. The molecule has 0 aliphatic carbocycles. The minimum Gasteiger partial charge on any atom is -0.326 e. The summed E-state index contributed by atoms with van der Waals surface area (Å²) in [6.45, 7) is 0.394. The molecule has 0 saturated heterocycles. The number of rotatable bonds is 2. The van der Waals surface area contributed by atoms with Crippen LogP contribution in [0, 0.1) is 11.6 Å². The highest BCUT2D eigenvalue weighted by Gasteiger charge is 2.04. The lowest BCUT2D eigenvalue weighted by Gasteiger charge is -2.02. The quantitative estimate of drug-likeness (QED) is 0.844. The maximum Gasteiger partial charge on any atom is 0.126 e. The molecule has 0 saturated carbocycles. The van der Waals surface area contributed by atoms with Crippen LogP contribution in [0.5, 0.6) is 0 Å². The standard InChI is InChI=1S/C12H10F2N2/c13-10-3-9(4-11(14)5-10)12-2-1-8(6-15)7-16-12/h1-5,7H,6,15H2. The smallest absolute Gasteiger partial charge is 0.126 e. The van der Waals surface area contributed by atoms with Crippen LogP contribution in [0.4, 0.5) is 8.78 Å². The first-order chi connectivity index (χ1) is 7.69. The van der Waals surface area contributed by atoms with Gasteiger partial charge in [0.1, 0.15) is 11.6 Å². The molecule has 1 heterocycles. The summed E-state index contributed by atoms with van der Waals surface area (Å²) in [5.41, 5.74) is 7.24. The number of nitrogens with zero attached hydrogens (tertiary/aromatic N) is 1. The second-order valence-corrected chi connectivity index (χ2v) is 3.41. The number of halogens is 2. The minimum absolute atomic E-state index is 0.394. The first-order valence-corrected chi connectivity index (χ1v) is 4.80. The highest BCUT2D eigenvalue weighted by molar-refractivity contribution is 5.59. The summed E-state index contributed by atoms with van der Waals surface area (Å²) < 4.78 is 25.9. The Balaban J connectivity index is 2.42. The van der Waals surface area contributed by atoms with Crippen molar-refractivity contribution < 1.29 is 8.78 Å². The van der Waals surface area contributed by atoms with E-state index < -0.39 is 11.6 Å². The van der Waals surface area contributed by atoms with Crippen molar-refractivity contribution in [1.29, 1.82) is 0 Å². The molecule has 0 amide bonds. The van der Waals surface area contributed by atoms with Gasteiger partial charge in [-0.25, -0.2) is 8.78 Å². The third-order valence-corrected chi connectivity index (χ3v) is 2.22. The Kier molecular flexibility index (Phi) is 2.92. The summed E-state index contributed by atoms with van der Waals surface area (Å²) in [5.74, 6) is -1.22. The van der Waals surface area contributed by atoms with E-state index in [4.69, 9.17) is 5.73 Å². The summed E-state index contributed by atoms with van der Waals surface area (Å²) in [5, 5.41) is 0. The van der Waals surface area contributed by atoms with Crippen LogP contribution in [0.2, 0.25) is 0 Å². The Morgan fingerprint density at radius 3 is 2.25 bits per heavy atom. The van der Waals surface area contributed by atoms with Crippen LogP contribution >= 0.6 is 0 Å². The number of pyridine rings is 1. The van der Waals surface area contributed by atoms with Crippen molar-refractivity contribution in [2.24, 2.45) is 5.73 Å². The number of benzene rings is 1. The second kappa shape index (κ2) is 4.37. The minimum atomic E-state index is -0.611. The summed E-state index contributed by atoms with van der Waals surface area (Å²) in [6.07, 6.45) is 1.60. The van der Waals surface area contributed by atoms with Gasteiger partial charge in [-0.3, -0.25) is 4.98 Å². The molecule has 0 atom stereocenters. The number of hydrogen-bond donors (Lipinski definition) is 1. The van der Waals surface area contributed by atoms with E-state index in [9.17, 15) is 8.78 Å². The zero-order chi connectivity index (χ0) is 11.5. The van der Waals surface area contributed by atoms with E-state index in [-0.39, 0.29) is 0 Å². The Labute approximate surface area is 91.7 Å². The van der Waals surface area contributed by atoms with E-state index in [1.54, 1.807) is 18.3 Å². The number of nitrogens with two attached hydrogens (primary N) is 1. The molecule has 0 fully saturated rings. The van der Waals surface area contributed by atoms with Crippen molar-refractivity contribution in [1.82, 2.24) is 4.98 Å². The predicted molar refractivity (Wildman–Crippen MR) is 57.5 cm³/mol. The molecule has 1 aromatic heterocycles. The fourth-order valence-electron chi connectivity index (χ4n) is 1.42. The SMILES string of the molecule is NCc1ccc(-c2cc(F)cc(F)c2)nc1. The molecule has 16 heavy (non-hydrogen) atoms. The molecule has 0 bridgehead atoms. The number of aromatic nitrogens is 1. The highest BCUT2D eigenvalue weighted by Crippen LogP contribution is 2.19. The molecule has 82 valence electrons. The average molecular weight is 220 g/mol. The largest absolute Gasteiger partial charge is 0.326 e. The first kappa shape index (κ1) is 10.7. The number of hydrogen-bond acceptors (Lipinski definition) is 2. The van der Waals surface area contributed by atoms with E-state index in [0.717, 1.165) is 11.6 Å². The highest BCUT2D eigenvalue weighted by atomic mass is 19.1. The molecular weight excluding hydrogens is 210 g/mol. The Bertz CT molecular complexity index is 475. The normalized spacial score (nSPS) is 10.4. The summed E-state index contributed by atoms with van der Waals surface area (Å²) >= 11 is 0. The van der Waals surface area contributed by atoms with Crippen molar-refractivity contribution in [3.8, 4) is 11.3 Å². The Hall–Kier alpha value is -1.81. The molecule has 0 unspecified atom stereocenters. The molecule has 4 heteroatoms. The third-order valence-electron chi connectivity index (χ3n) is 2.22. The topological polar surface area (TPSA) is 38.9 Å². The zero-order valence-corrected chi connectivity index (χ0v) is 8.45. The molecule has 0 spiro atoms. The van der Waals surface area contributed by atoms with Gasteiger partial charge < -0.3 is 5.73 Å². The van der Waals surface area contributed by atoms with Gasteiger partial charge in [-0.2, -0.15) is 0 Å². The van der Waals surface area contributed by atoms with Gasteiger partial charge in [0, 0.05) is 24.4 Å². The van der Waals surface area contributed by atoms with Crippen LogP contribution in [0.15, 0.2) is 36.5 Å². The van der Waals surface area contributed by atoms with Gasteiger partial charge >= 0.3 is 0 Å². The van der Waals surface area contributed by atoms with E-state index in [1.807, 2.05) is 0 Å². The molecule has 2 aromatic rings. The third kappa shape index (κ3) is 2.23. The zero-order valence-electron chi connectivity index (χ0n) is 8.45. The van der Waals surface area contributed by atoms with Gasteiger partial charge in [0.2, 0.25) is 0 Å². The van der Waals surface area contributed by atoms with Gasteiger partial charge in [-0.05, 0) is 23.8 Å². The summed E-state index contributed by atoms with van der Waals surface area (Å²) in [6, 6.07) is 6.79. The van der Waals surface area contributed by atoms with Crippen molar-refractivity contribution in [2.45, 2.75) is 6.54 Å². The van der Waals surface area contributed by atoms with Crippen molar-refractivity contribution in [2.75, 3.05) is 0 Å². The molecule has 0 aliphatic rings. The maximum atomic E-state index is 13.0. The molecule has 1 aromatic carbocycles. The van der Waals surface area contributed by atoms with Crippen molar-refractivity contribution in [3.63, 3.8) is 0 Å². The average Bonchev–Trinajstić information content (AvgIpc) is 2.28. The van der Waals surface area contributed by atoms with E-state index in [0.29, 0.717) is 17.8 Å². The van der Waals surface area contributed by atoms with E-state index in [2.05, 4.69) is 4.98 Å². The molecule has 0 radical (unpaired) electrons. The molecule has 2 nitrogen and oxygen atoms in total. The van der Waals surface area contributed by atoms with Crippen LogP contribution in [0.25, 0.3) is 11.3 Å². The second-order valence-electron chi connectivity index (χ2n) is 3.41. The molecule has 2 N–H and O–H groups in total. The van der Waals surface area contributed by atoms with Gasteiger partial charge in [0.25, 0.3) is 0 Å². The van der Waals surface area contributed by atoms with Crippen molar-refractivity contribution in [3.05, 3.63) is 53.7 Å². The lowest BCUT2D eigenvalue weighted by molar-refractivity contribution is 0.584. The summed E-state index contributed by atoms with van der Waals surface area (Å²) in [7, 11) is 0. The van der Waals surface area contributed by atoms with Crippen LogP contribution in [0.3, 0.4) is 0 Å². The fraction of sp³-hybridized carbons (Fsp3) is 0.0833. The summed E-state index contributed by atoms with van der Waals surface area (Å²) in [4.78, 5) is 4.09. The molecular formula is C12H10F2N2. The lowest BCUT2D eigenvalue weighted by Crippen LogP contribution is -1.97. The van der Waals surface area contributed by atoms with Crippen LogP contribution < -0.4 is 5.73 Å². The van der Waals surface area contributed by atoms with Crippen LogP contribution in [0.1, 0.15) is 5.56 Å².